The minimum Gasteiger partial charge on any atom is -0.315 e. The SMILES string of the molecule is CC(C)NCCCCCN1CCSCC1S(C)(=O)=O. The molecule has 0 amide bonds. The number of unbranched alkanes of at least 4 members (excludes halogenated alkanes) is 2. The first-order valence-corrected chi connectivity index (χ1v) is 10.3. The summed E-state index contributed by atoms with van der Waals surface area (Å²) in [6.45, 7) is 7.19. The van der Waals surface area contributed by atoms with Crippen LogP contribution in [0.1, 0.15) is 33.1 Å². The van der Waals surface area contributed by atoms with E-state index in [9.17, 15) is 8.42 Å². The molecule has 4 nitrogen and oxygen atoms in total. The Morgan fingerprint density at radius 3 is 2.68 bits per heavy atom. The summed E-state index contributed by atoms with van der Waals surface area (Å²) < 4.78 is 23.5. The van der Waals surface area contributed by atoms with Gasteiger partial charge in [-0.05, 0) is 25.9 Å². The van der Waals surface area contributed by atoms with Gasteiger partial charge in [0.05, 0.1) is 0 Å². The van der Waals surface area contributed by atoms with Crippen LogP contribution in [0, 0.1) is 0 Å². The molecule has 1 N–H and O–H groups in total. The first kappa shape index (κ1) is 17.3. The molecule has 0 saturated carbocycles. The molecule has 1 aliphatic heterocycles. The van der Waals surface area contributed by atoms with Crippen LogP contribution in [0.4, 0.5) is 0 Å². The third-order valence-electron chi connectivity index (χ3n) is 3.36. The minimum absolute atomic E-state index is 0.264. The highest BCUT2D eigenvalue weighted by molar-refractivity contribution is 8.00. The summed E-state index contributed by atoms with van der Waals surface area (Å²) in [6.07, 6.45) is 4.80. The van der Waals surface area contributed by atoms with Crippen LogP contribution >= 0.6 is 11.8 Å². The second-order valence-electron chi connectivity index (χ2n) is 5.56. The topological polar surface area (TPSA) is 49.4 Å². The Morgan fingerprint density at radius 2 is 2.05 bits per heavy atom. The van der Waals surface area contributed by atoms with Gasteiger partial charge >= 0.3 is 0 Å². The number of nitrogens with one attached hydrogen (secondary N) is 1. The van der Waals surface area contributed by atoms with Gasteiger partial charge in [0.2, 0.25) is 0 Å². The van der Waals surface area contributed by atoms with E-state index < -0.39 is 9.84 Å². The van der Waals surface area contributed by atoms with E-state index in [4.69, 9.17) is 0 Å². The number of rotatable bonds is 8. The largest absolute Gasteiger partial charge is 0.315 e. The lowest BCUT2D eigenvalue weighted by atomic mass is 10.2. The number of nitrogens with zero attached hydrogens (tertiary/aromatic N) is 1. The number of thioether (sulfide) groups is 1. The zero-order chi connectivity index (χ0) is 14.3. The van der Waals surface area contributed by atoms with E-state index in [-0.39, 0.29) is 5.37 Å². The van der Waals surface area contributed by atoms with E-state index in [1.54, 1.807) is 11.8 Å². The monoisotopic (exact) mass is 308 g/mol. The van der Waals surface area contributed by atoms with E-state index in [0.717, 1.165) is 37.6 Å². The van der Waals surface area contributed by atoms with Crippen LogP contribution < -0.4 is 5.32 Å². The second kappa shape index (κ2) is 8.49. The van der Waals surface area contributed by atoms with Gasteiger partial charge in [-0.25, -0.2) is 8.42 Å². The fourth-order valence-electron chi connectivity index (χ4n) is 2.27. The average molecular weight is 309 g/mol. The highest BCUT2D eigenvalue weighted by Gasteiger charge is 2.30. The van der Waals surface area contributed by atoms with Crippen LogP contribution in [0.3, 0.4) is 0 Å². The molecular weight excluding hydrogens is 280 g/mol. The van der Waals surface area contributed by atoms with Crippen molar-refractivity contribution in [1.82, 2.24) is 10.2 Å². The van der Waals surface area contributed by atoms with Crippen LogP contribution in [0.2, 0.25) is 0 Å². The summed E-state index contributed by atoms with van der Waals surface area (Å²) in [5.41, 5.74) is 0. The maximum atomic E-state index is 11.7. The van der Waals surface area contributed by atoms with Crippen LogP contribution in [0.25, 0.3) is 0 Å². The summed E-state index contributed by atoms with van der Waals surface area (Å²) in [5, 5.41) is 3.14. The Balaban J connectivity index is 2.23. The van der Waals surface area contributed by atoms with Crippen molar-refractivity contribution in [1.29, 1.82) is 0 Å². The molecule has 0 aromatic heterocycles. The van der Waals surface area contributed by atoms with Gasteiger partial charge in [-0.15, -0.1) is 0 Å². The van der Waals surface area contributed by atoms with Crippen molar-refractivity contribution in [2.24, 2.45) is 0 Å². The quantitative estimate of drug-likeness (QED) is 0.690. The molecule has 1 saturated heterocycles. The van der Waals surface area contributed by atoms with E-state index in [1.807, 2.05) is 0 Å². The van der Waals surface area contributed by atoms with Gasteiger partial charge in [0.15, 0.2) is 9.84 Å². The van der Waals surface area contributed by atoms with Gasteiger partial charge in [-0.1, -0.05) is 20.3 Å². The Labute approximate surface area is 122 Å². The van der Waals surface area contributed by atoms with Crippen LogP contribution in [-0.2, 0) is 9.84 Å². The third kappa shape index (κ3) is 6.97. The smallest absolute Gasteiger partial charge is 0.164 e. The third-order valence-corrected chi connectivity index (χ3v) is 6.05. The molecule has 0 aliphatic carbocycles. The summed E-state index contributed by atoms with van der Waals surface area (Å²) in [4.78, 5) is 2.15. The molecule has 0 bridgehead atoms. The molecule has 1 unspecified atom stereocenters. The number of sulfone groups is 1. The zero-order valence-corrected chi connectivity index (χ0v) is 14.0. The lowest BCUT2D eigenvalue weighted by molar-refractivity contribution is 0.264. The van der Waals surface area contributed by atoms with Gasteiger partial charge in [0, 0.05) is 30.3 Å². The maximum Gasteiger partial charge on any atom is 0.164 e. The molecule has 1 rings (SSSR count). The molecule has 0 spiro atoms. The molecular formula is C13H28N2O2S2. The van der Waals surface area contributed by atoms with Gasteiger partial charge < -0.3 is 5.32 Å². The Bertz CT molecular complexity index is 345. The molecule has 0 aromatic carbocycles. The van der Waals surface area contributed by atoms with E-state index in [0.29, 0.717) is 6.04 Å². The second-order valence-corrected chi connectivity index (χ2v) is 8.92. The van der Waals surface area contributed by atoms with Crippen LogP contribution in [-0.4, -0.2) is 62.1 Å². The van der Waals surface area contributed by atoms with Crippen LogP contribution in [0.15, 0.2) is 0 Å². The summed E-state index contributed by atoms with van der Waals surface area (Å²) in [7, 11) is -2.94. The van der Waals surface area contributed by atoms with E-state index in [1.165, 1.54) is 19.1 Å². The molecule has 1 fully saturated rings. The van der Waals surface area contributed by atoms with Crippen LogP contribution in [0.5, 0.6) is 0 Å². The van der Waals surface area contributed by atoms with Crippen molar-refractivity contribution >= 4 is 21.6 Å². The molecule has 1 aliphatic rings. The summed E-state index contributed by atoms with van der Waals surface area (Å²) >= 11 is 1.75. The summed E-state index contributed by atoms with van der Waals surface area (Å²) in [5.74, 6) is 1.79. The summed E-state index contributed by atoms with van der Waals surface area (Å²) in [6, 6.07) is 0.550. The standard InChI is InChI=1S/C13H28N2O2S2/c1-12(2)14-7-5-4-6-8-15-9-10-18-11-13(15)19(3,16)17/h12-14H,4-11H2,1-3H3. The van der Waals surface area contributed by atoms with Crippen molar-refractivity contribution in [2.75, 3.05) is 37.4 Å². The van der Waals surface area contributed by atoms with Gasteiger partial charge in [-0.2, -0.15) is 11.8 Å². The van der Waals surface area contributed by atoms with Gasteiger partial charge in [0.25, 0.3) is 0 Å². The first-order chi connectivity index (χ1) is 8.91. The minimum atomic E-state index is -2.94. The molecule has 0 aromatic rings. The van der Waals surface area contributed by atoms with Crippen molar-refractivity contribution in [3.63, 3.8) is 0 Å². The van der Waals surface area contributed by atoms with Crippen molar-refractivity contribution in [3.05, 3.63) is 0 Å². The number of hydrogen-bond acceptors (Lipinski definition) is 5. The van der Waals surface area contributed by atoms with E-state index in [2.05, 4.69) is 24.1 Å². The molecule has 0 radical (unpaired) electrons. The van der Waals surface area contributed by atoms with E-state index >= 15 is 0 Å². The van der Waals surface area contributed by atoms with Crippen molar-refractivity contribution in [3.8, 4) is 0 Å². The number of hydrogen-bond donors (Lipinski definition) is 1. The fourth-order valence-corrected chi connectivity index (χ4v) is 5.25. The Morgan fingerprint density at radius 1 is 1.32 bits per heavy atom. The zero-order valence-electron chi connectivity index (χ0n) is 12.4. The average Bonchev–Trinajstić information content (AvgIpc) is 2.32. The molecule has 1 heterocycles. The van der Waals surface area contributed by atoms with Gasteiger partial charge in [0.1, 0.15) is 5.37 Å². The molecule has 6 heteroatoms. The maximum absolute atomic E-state index is 11.7. The Hall–Kier alpha value is 0.220. The lowest BCUT2D eigenvalue weighted by Gasteiger charge is -2.33. The highest BCUT2D eigenvalue weighted by atomic mass is 32.2. The molecule has 1 atom stereocenters. The molecule has 114 valence electrons. The van der Waals surface area contributed by atoms with Gasteiger partial charge in [-0.3, -0.25) is 4.90 Å². The normalized spacial score (nSPS) is 22.0. The Kier molecular flexibility index (Phi) is 7.72. The lowest BCUT2D eigenvalue weighted by Crippen LogP contribution is -2.47. The predicted octanol–water partition coefficient (Wildman–Crippen LogP) is 1.57. The predicted molar refractivity (Wildman–Crippen MR) is 84.5 cm³/mol. The molecule has 19 heavy (non-hydrogen) atoms. The highest BCUT2D eigenvalue weighted by Crippen LogP contribution is 2.20. The first-order valence-electron chi connectivity index (χ1n) is 7.15. The van der Waals surface area contributed by atoms with Crippen molar-refractivity contribution in [2.45, 2.75) is 44.5 Å². The van der Waals surface area contributed by atoms with Crippen molar-refractivity contribution < 1.29 is 8.42 Å². The fraction of sp³-hybridized carbons (Fsp3) is 1.00.